The third-order valence-electron chi connectivity index (χ3n) is 3.82. The molecule has 0 bridgehead atoms. The lowest BCUT2D eigenvalue weighted by Gasteiger charge is -2.15. The molecule has 1 amide bonds. The number of hydrogen-bond donors (Lipinski definition) is 1. The van der Waals surface area contributed by atoms with Crippen molar-refractivity contribution in [3.8, 4) is 11.3 Å². The minimum atomic E-state index is -0.115. The quantitative estimate of drug-likeness (QED) is 0.780. The highest BCUT2D eigenvalue weighted by molar-refractivity contribution is 6.07. The number of nitrogens with zero attached hydrogens (tertiary/aromatic N) is 1. The predicted octanol–water partition coefficient (Wildman–Crippen LogP) is 3.67. The Labute approximate surface area is 141 Å². The summed E-state index contributed by atoms with van der Waals surface area (Å²) in [7, 11) is 1.62. The van der Waals surface area contributed by atoms with Crippen molar-refractivity contribution in [3.05, 3.63) is 66.2 Å². The van der Waals surface area contributed by atoms with Crippen LogP contribution >= 0.6 is 0 Å². The Balaban J connectivity index is 2.06. The summed E-state index contributed by atoms with van der Waals surface area (Å²) >= 11 is 0. The number of ether oxygens (including phenoxy) is 1. The summed E-state index contributed by atoms with van der Waals surface area (Å²) < 4.78 is 5.09. The Bertz CT molecular complexity index is 847. The number of benzene rings is 2. The maximum atomic E-state index is 12.7. The fourth-order valence-electron chi connectivity index (χ4n) is 2.71. The number of methoxy groups -OCH3 is 1. The van der Waals surface area contributed by atoms with Crippen LogP contribution in [0, 0.1) is 0 Å². The SMILES string of the molecule is COC[C@H](C)NC(=O)c1cc(-c2ccccc2)nc2ccccc12. The number of para-hydroxylation sites is 1. The normalized spacial score (nSPS) is 12.1. The molecule has 4 nitrogen and oxygen atoms in total. The van der Waals surface area contributed by atoms with Gasteiger partial charge in [0.1, 0.15) is 0 Å². The first-order valence-corrected chi connectivity index (χ1v) is 7.94. The molecule has 0 fully saturated rings. The molecule has 2 aromatic carbocycles. The second kappa shape index (κ2) is 7.23. The van der Waals surface area contributed by atoms with E-state index in [1.54, 1.807) is 7.11 Å². The lowest BCUT2D eigenvalue weighted by atomic mass is 10.0. The van der Waals surface area contributed by atoms with E-state index in [1.165, 1.54) is 0 Å². The van der Waals surface area contributed by atoms with Gasteiger partial charge in [-0.25, -0.2) is 4.98 Å². The van der Waals surface area contributed by atoms with Crippen LogP contribution in [0.1, 0.15) is 17.3 Å². The van der Waals surface area contributed by atoms with Crippen molar-refractivity contribution in [1.82, 2.24) is 10.3 Å². The highest BCUT2D eigenvalue weighted by Crippen LogP contribution is 2.24. The summed E-state index contributed by atoms with van der Waals surface area (Å²) in [4.78, 5) is 17.4. The number of hydrogen-bond acceptors (Lipinski definition) is 3. The fraction of sp³-hybridized carbons (Fsp3) is 0.200. The summed E-state index contributed by atoms with van der Waals surface area (Å²) in [5.41, 5.74) is 3.21. The maximum Gasteiger partial charge on any atom is 0.252 e. The van der Waals surface area contributed by atoms with Crippen LogP contribution in [0.2, 0.25) is 0 Å². The smallest absolute Gasteiger partial charge is 0.252 e. The highest BCUT2D eigenvalue weighted by atomic mass is 16.5. The van der Waals surface area contributed by atoms with E-state index in [4.69, 9.17) is 9.72 Å². The van der Waals surface area contributed by atoms with Crippen molar-refractivity contribution < 1.29 is 9.53 Å². The lowest BCUT2D eigenvalue weighted by Crippen LogP contribution is -2.35. The molecule has 4 heteroatoms. The summed E-state index contributed by atoms with van der Waals surface area (Å²) in [5, 5.41) is 3.82. The Morgan fingerprint density at radius 2 is 1.83 bits per heavy atom. The molecule has 1 aromatic heterocycles. The van der Waals surface area contributed by atoms with Crippen LogP contribution in [0.25, 0.3) is 22.2 Å². The molecule has 0 aliphatic rings. The van der Waals surface area contributed by atoms with Crippen LogP contribution in [0.5, 0.6) is 0 Å². The minimum Gasteiger partial charge on any atom is -0.383 e. The Hall–Kier alpha value is -2.72. The summed E-state index contributed by atoms with van der Waals surface area (Å²) in [6.07, 6.45) is 0. The van der Waals surface area contributed by atoms with Crippen molar-refractivity contribution in [2.45, 2.75) is 13.0 Å². The average molecular weight is 320 g/mol. The van der Waals surface area contributed by atoms with Gasteiger partial charge in [-0.15, -0.1) is 0 Å². The van der Waals surface area contributed by atoms with Gasteiger partial charge >= 0.3 is 0 Å². The van der Waals surface area contributed by atoms with Gasteiger partial charge in [0, 0.05) is 24.1 Å². The third kappa shape index (κ3) is 3.44. The van der Waals surface area contributed by atoms with E-state index in [9.17, 15) is 4.79 Å². The minimum absolute atomic E-state index is 0.0606. The molecule has 3 aromatic rings. The van der Waals surface area contributed by atoms with Gasteiger partial charge in [-0.05, 0) is 19.1 Å². The molecule has 3 rings (SSSR count). The Kier molecular flexibility index (Phi) is 4.87. The average Bonchev–Trinajstić information content (AvgIpc) is 2.61. The van der Waals surface area contributed by atoms with Gasteiger partial charge in [0.25, 0.3) is 5.91 Å². The zero-order valence-corrected chi connectivity index (χ0v) is 13.8. The van der Waals surface area contributed by atoms with Crippen molar-refractivity contribution in [1.29, 1.82) is 0 Å². The van der Waals surface area contributed by atoms with E-state index in [1.807, 2.05) is 67.6 Å². The first-order valence-electron chi connectivity index (χ1n) is 7.94. The standard InChI is InChI=1S/C20H20N2O2/c1-14(13-24-2)21-20(23)17-12-19(15-8-4-3-5-9-15)22-18-11-7-6-10-16(17)18/h3-12,14H,13H2,1-2H3,(H,21,23)/t14-/m0/s1. The van der Waals surface area contributed by atoms with Crippen LogP contribution in [0.15, 0.2) is 60.7 Å². The number of nitrogens with one attached hydrogen (secondary N) is 1. The van der Waals surface area contributed by atoms with Gasteiger partial charge in [0.15, 0.2) is 0 Å². The van der Waals surface area contributed by atoms with Crippen LogP contribution in [-0.4, -0.2) is 30.6 Å². The number of amides is 1. The van der Waals surface area contributed by atoms with Gasteiger partial charge in [0.2, 0.25) is 0 Å². The molecule has 1 atom stereocenters. The lowest BCUT2D eigenvalue weighted by molar-refractivity contribution is 0.0907. The molecule has 1 N–H and O–H groups in total. The zero-order valence-electron chi connectivity index (χ0n) is 13.8. The van der Waals surface area contributed by atoms with Crippen molar-refractivity contribution in [2.75, 3.05) is 13.7 Å². The van der Waals surface area contributed by atoms with Gasteiger partial charge < -0.3 is 10.1 Å². The van der Waals surface area contributed by atoms with E-state index >= 15 is 0 Å². The van der Waals surface area contributed by atoms with E-state index in [-0.39, 0.29) is 11.9 Å². The summed E-state index contributed by atoms with van der Waals surface area (Å²) in [6, 6.07) is 19.4. The molecule has 24 heavy (non-hydrogen) atoms. The largest absolute Gasteiger partial charge is 0.383 e. The van der Waals surface area contributed by atoms with Gasteiger partial charge in [-0.3, -0.25) is 4.79 Å². The number of aromatic nitrogens is 1. The van der Waals surface area contributed by atoms with E-state index in [2.05, 4.69) is 5.32 Å². The van der Waals surface area contributed by atoms with Gasteiger partial charge in [-0.1, -0.05) is 48.5 Å². The number of carbonyl (C=O) groups excluding carboxylic acids is 1. The van der Waals surface area contributed by atoms with Crippen molar-refractivity contribution >= 4 is 16.8 Å². The molecule has 0 spiro atoms. The zero-order chi connectivity index (χ0) is 16.9. The monoisotopic (exact) mass is 320 g/mol. The fourth-order valence-corrected chi connectivity index (χ4v) is 2.71. The number of rotatable bonds is 5. The molecule has 0 saturated heterocycles. The molecule has 0 aliphatic heterocycles. The first kappa shape index (κ1) is 16.1. The molecule has 0 aliphatic carbocycles. The molecule has 0 saturated carbocycles. The first-order chi connectivity index (χ1) is 11.7. The maximum absolute atomic E-state index is 12.7. The predicted molar refractivity (Wildman–Crippen MR) is 96.0 cm³/mol. The summed E-state index contributed by atoms with van der Waals surface area (Å²) in [5.74, 6) is -0.115. The van der Waals surface area contributed by atoms with Crippen LogP contribution in [0.3, 0.4) is 0 Å². The van der Waals surface area contributed by atoms with E-state index < -0.39 is 0 Å². The molecule has 0 unspecified atom stereocenters. The van der Waals surface area contributed by atoms with Crippen molar-refractivity contribution in [2.24, 2.45) is 0 Å². The molecule has 1 heterocycles. The van der Waals surface area contributed by atoms with Crippen LogP contribution in [-0.2, 0) is 4.74 Å². The molecule has 122 valence electrons. The van der Waals surface area contributed by atoms with Gasteiger partial charge in [-0.2, -0.15) is 0 Å². The van der Waals surface area contributed by atoms with Crippen LogP contribution in [0.4, 0.5) is 0 Å². The van der Waals surface area contributed by atoms with E-state index in [0.29, 0.717) is 12.2 Å². The number of fused-ring (bicyclic) bond motifs is 1. The summed E-state index contributed by atoms with van der Waals surface area (Å²) in [6.45, 7) is 2.39. The molecular formula is C20H20N2O2. The second-order valence-electron chi connectivity index (χ2n) is 5.77. The van der Waals surface area contributed by atoms with Crippen molar-refractivity contribution in [3.63, 3.8) is 0 Å². The topological polar surface area (TPSA) is 51.2 Å². The molecule has 0 radical (unpaired) electrons. The van der Waals surface area contributed by atoms with Gasteiger partial charge in [0.05, 0.1) is 23.4 Å². The Morgan fingerprint density at radius 1 is 1.12 bits per heavy atom. The second-order valence-corrected chi connectivity index (χ2v) is 5.77. The van der Waals surface area contributed by atoms with E-state index in [0.717, 1.165) is 22.2 Å². The highest BCUT2D eigenvalue weighted by Gasteiger charge is 2.15. The van der Waals surface area contributed by atoms with Crippen LogP contribution < -0.4 is 5.32 Å². The number of carbonyl (C=O) groups is 1. The Morgan fingerprint density at radius 3 is 2.58 bits per heavy atom. The molecular weight excluding hydrogens is 300 g/mol. The third-order valence-corrected chi connectivity index (χ3v) is 3.82. The number of pyridine rings is 1.